The molecule has 15 heavy (non-hydrogen) atoms. The van der Waals surface area contributed by atoms with Crippen molar-refractivity contribution in [2.75, 3.05) is 19.6 Å². The molecule has 1 saturated carbocycles. The summed E-state index contributed by atoms with van der Waals surface area (Å²) >= 11 is 0. The quantitative estimate of drug-likeness (QED) is 0.733. The van der Waals surface area contributed by atoms with E-state index in [1.54, 1.807) is 0 Å². The second-order valence-corrected chi connectivity index (χ2v) is 5.35. The predicted molar refractivity (Wildman–Crippen MR) is 67.0 cm³/mol. The van der Waals surface area contributed by atoms with E-state index in [2.05, 4.69) is 25.7 Å². The van der Waals surface area contributed by atoms with Gasteiger partial charge in [0.15, 0.2) is 0 Å². The highest BCUT2D eigenvalue weighted by Crippen LogP contribution is 2.42. The first-order valence-electron chi connectivity index (χ1n) is 6.60. The SMILES string of the molecule is CCN(CC)CC1(CC(C)N)CCCC1. The van der Waals surface area contributed by atoms with Crippen molar-refractivity contribution in [2.45, 2.75) is 58.9 Å². The fourth-order valence-corrected chi connectivity index (χ4v) is 3.16. The molecule has 0 aromatic rings. The fourth-order valence-electron chi connectivity index (χ4n) is 3.16. The summed E-state index contributed by atoms with van der Waals surface area (Å²) in [5, 5.41) is 0. The van der Waals surface area contributed by atoms with E-state index in [4.69, 9.17) is 5.73 Å². The van der Waals surface area contributed by atoms with Crippen molar-refractivity contribution >= 4 is 0 Å². The van der Waals surface area contributed by atoms with Gasteiger partial charge in [-0.2, -0.15) is 0 Å². The Kier molecular flexibility index (Phi) is 5.07. The molecule has 0 aromatic carbocycles. The van der Waals surface area contributed by atoms with Gasteiger partial charge >= 0.3 is 0 Å². The fraction of sp³-hybridized carbons (Fsp3) is 1.00. The van der Waals surface area contributed by atoms with Gasteiger partial charge in [-0.25, -0.2) is 0 Å². The van der Waals surface area contributed by atoms with Crippen LogP contribution in [0.15, 0.2) is 0 Å². The zero-order chi connectivity index (χ0) is 11.3. The highest BCUT2D eigenvalue weighted by molar-refractivity contribution is 4.89. The largest absolute Gasteiger partial charge is 0.328 e. The molecule has 2 nitrogen and oxygen atoms in total. The van der Waals surface area contributed by atoms with Crippen LogP contribution in [0.4, 0.5) is 0 Å². The summed E-state index contributed by atoms with van der Waals surface area (Å²) in [4.78, 5) is 2.56. The maximum atomic E-state index is 6.00. The lowest BCUT2D eigenvalue weighted by molar-refractivity contribution is 0.145. The normalized spacial score (nSPS) is 22.2. The molecule has 0 heterocycles. The summed E-state index contributed by atoms with van der Waals surface area (Å²) in [7, 11) is 0. The van der Waals surface area contributed by atoms with Crippen LogP contribution in [0, 0.1) is 5.41 Å². The van der Waals surface area contributed by atoms with Crippen LogP contribution in [0.2, 0.25) is 0 Å². The third-order valence-corrected chi connectivity index (χ3v) is 3.87. The Hall–Kier alpha value is -0.0800. The zero-order valence-electron chi connectivity index (χ0n) is 10.8. The van der Waals surface area contributed by atoms with E-state index in [0.29, 0.717) is 11.5 Å². The van der Waals surface area contributed by atoms with Gasteiger partial charge in [0.25, 0.3) is 0 Å². The summed E-state index contributed by atoms with van der Waals surface area (Å²) in [5.74, 6) is 0. The zero-order valence-corrected chi connectivity index (χ0v) is 10.8. The summed E-state index contributed by atoms with van der Waals surface area (Å²) < 4.78 is 0. The molecule has 1 atom stereocenters. The van der Waals surface area contributed by atoms with Crippen molar-refractivity contribution in [2.24, 2.45) is 11.1 Å². The highest BCUT2D eigenvalue weighted by atomic mass is 15.1. The summed E-state index contributed by atoms with van der Waals surface area (Å²) in [6, 6.07) is 0.360. The standard InChI is InChI=1S/C13H28N2/c1-4-15(5-2)11-13(10-12(3)14)8-6-7-9-13/h12H,4-11,14H2,1-3H3. The first-order chi connectivity index (χ1) is 7.12. The summed E-state index contributed by atoms with van der Waals surface area (Å²) in [6.45, 7) is 10.3. The molecule has 90 valence electrons. The van der Waals surface area contributed by atoms with Crippen molar-refractivity contribution in [1.82, 2.24) is 4.90 Å². The number of nitrogens with zero attached hydrogens (tertiary/aromatic N) is 1. The topological polar surface area (TPSA) is 29.3 Å². The number of nitrogens with two attached hydrogens (primary N) is 1. The highest BCUT2D eigenvalue weighted by Gasteiger charge is 2.35. The van der Waals surface area contributed by atoms with Gasteiger partial charge in [-0.15, -0.1) is 0 Å². The van der Waals surface area contributed by atoms with Crippen LogP contribution in [0.1, 0.15) is 52.9 Å². The molecular weight excluding hydrogens is 184 g/mol. The van der Waals surface area contributed by atoms with Crippen LogP contribution in [-0.4, -0.2) is 30.6 Å². The molecule has 0 bridgehead atoms. The molecule has 0 saturated heterocycles. The first-order valence-corrected chi connectivity index (χ1v) is 6.60. The molecule has 0 spiro atoms. The van der Waals surface area contributed by atoms with Gasteiger partial charge in [0.2, 0.25) is 0 Å². The lowest BCUT2D eigenvalue weighted by Crippen LogP contribution is -2.39. The second-order valence-electron chi connectivity index (χ2n) is 5.35. The van der Waals surface area contributed by atoms with Crippen LogP contribution in [0.5, 0.6) is 0 Å². The Morgan fingerprint density at radius 2 is 1.73 bits per heavy atom. The van der Waals surface area contributed by atoms with Gasteiger partial charge in [0, 0.05) is 12.6 Å². The predicted octanol–water partition coefficient (Wildman–Crippen LogP) is 2.63. The van der Waals surface area contributed by atoms with Crippen molar-refractivity contribution in [1.29, 1.82) is 0 Å². The molecule has 2 N–H and O–H groups in total. The molecule has 1 aliphatic carbocycles. The minimum absolute atomic E-state index is 0.360. The van der Waals surface area contributed by atoms with Crippen molar-refractivity contribution in [3.05, 3.63) is 0 Å². The van der Waals surface area contributed by atoms with Crippen LogP contribution >= 0.6 is 0 Å². The number of rotatable bonds is 6. The minimum atomic E-state index is 0.360. The van der Waals surface area contributed by atoms with Gasteiger partial charge in [-0.1, -0.05) is 26.7 Å². The maximum absolute atomic E-state index is 6.00. The second kappa shape index (κ2) is 5.86. The van der Waals surface area contributed by atoms with Gasteiger partial charge < -0.3 is 10.6 Å². The van der Waals surface area contributed by atoms with Crippen LogP contribution in [0.3, 0.4) is 0 Å². The third-order valence-electron chi connectivity index (χ3n) is 3.87. The molecule has 1 aliphatic rings. The third kappa shape index (κ3) is 3.76. The minimum Gasteiger partial charge on any atom is -0.328 e. The molecule has 0 radical (unpaired) electrons. The van der Waals surface area contributed by atoms with E-state index in [-0.39, 0.29) is 0 Å². The van der Waals surface area contributed by atoms with Gasteiger partial charge in [-0.3, -0.25) is 0 Å². The average molecular weight is 212 g/mol. The van der Waals surface area contributed by atoms with Crippen molar-refractivity contribution < 1.29 is 0 Å². The lowest BCUT2D eigenvalue weighted by Gasteiger charge is -2.35. The monoisotopic (exact) mass is 212 g/mol. The van der Waals surface area contributed by atoms with E-state index in [9.17, 15) is 0 Å². The smallest absolute Gasteiger partial charge is 0.00383 e. The number of hydrogen-bond donors (Lipinski definition) is 1. The van der Waals surface area contributed by atoms with Crippen LogP contribution in [-0.2, 0) is 0 Å². The maximum Gasteiger partial charge on any atom is 0.00383 e. The molecule has 0 aliphatic heterocycles. The Labute approximate surface area is 95.2 Å². The molecule has 0 aromatic heterocycles. The van der Waals surface area contributed by atoms with Gasteiger partial charge in [0.05, 0.1) is 0 Å². The first kappa shape index (κ1) is 13.0. The molecular formula is C13H28N2. The molecule has 2 heteroatoms. The van der Waals surface area contributed by atoms with Crippen LogP contribution in [0.25, 0.3) is 0 Å². The van der Waals surface area contributed by atoms with E-state index in [1.165, 1.54) is 51.7 Å². The van der Waals surface area contributed by atoms with Gasteiger partial charge in [0.1, 0.15) is 0 Å². The molecule has 1 fully saturated rings. The molecule has 1 rings (SSSR count). The molecule has 0 amide bonds. The van der Waals surface area contributed by atoms with E-state index < -0.39 is 0 Å². The average Bonchev–Trinajstić information content (AvgIpc) is 2.62. The van der Waals surface area contributed by atoms with Crippen LogP contribution < -0.4 is 5.73 Å². The summed E-state index contributed by atoms with van der Waals surface area (Å²) in [5.41, 5.74) is 6.54. The Morgan fingerprint density at radius 1 is 1.20 bits per heavy atom. The van der Waals surface area contributed by atoms with Gasteiger partial charge in [-0.05, 0) is 44.7 Å². The Bertz CT molecular complexity index is 167. The molecule has 1 unspecified atom stereocenters. The van der Waals surface area contributed by atoms with Crippen molar-refractivity contribution in [3.8, 4) is 0 Å². The Morgan fingerprint density at radius 3 is 2.13 bits per heavy atom. The lowest BCUT2D eigenvalue weighted by atomic mass is 9.80. The van der Waals surface area contributed by atoms with E-state index in [1.807, 2.05) is 0 Å². The number of hydrogen-bond acceptors (Lipinski definition) is 2. The summed E-state index contributed by atoms with van der Waals surface area (Å²) in [6.07, 6.45) is 6.82. The Balaban J connectivity index is 2.56. The van der Waals surface area contributed by atoms with Crippen molar-refractivity contribution in [3.63, 3.8) is 0 Å². The van der Waals surface area contributed by atoms with E-state index >= 15 is 0 Å². The van der Waals surface area contributed by atoms with E-state index in [0.717, 1.165) is 0 Å².